The van der Waals surface area contributed by atoms with Crippen LogP contribution in [0.15, 0.2) is 15.9 Å². The van der Waals surface area contributed by atoms with Crippen LogP contribution in [0.4, 0.5) is 0 Å². The molecule has 1 aliphatic carbocycles. The van der Waals surface area contributed by atoms with E-state index in [0.717, 1.165) is 11.0 Å². The highest BCUT2D eigenvalue weighted by atomic mass is 79.9. The summed E-state index contributed by atoms with van der Waals surface area (Å²) in [5.41, 5.74) is 0. The first-order chi connectivity index (χ1) is 8.20. The third kappa shape index (κ3) is 3.79. The van der Waals surface area contributed by atoms with Gasteiger partial charge in [0.25, 0.3) is 0 Å². The molecule has 1 aromatic heterocycles. The van der Waals surface area contributed by atoms with Crippen molar-refractivity contribution in [2.75, 3.05) is 13.2 Å². The number of hydrogen-bond donors (Lipinski definition) is 0. The number of thiophene rings is 1. The summed E-state index contributed by atoms with van der Waals surface area (Å²) in [5, 5.41) is 2.06. The van der Waals surface area contributed by atoms with Gasteiger partial charge >= 0.3 is 5.97 Å². The van der Waals surface area contributed by atoms with Gasteiger partial charge in [-0.25, -0.2) is 0 Å². The van der Waals surface area contributed by atoms with E-state index in [2.05, 4.69) is 32.3 Å². The predicted molar refractivity (Wildman–Crippen MR) is 72.1 cm³/mol. The Morgan fingerprint density at radius 3 is 2.94 bits per heavy atom. The lowest BCUT2D eigenvalue weighted by Gasteiger charge is -2.20. The second-order valence-corrected chi connectivity index (χ2v) is 5.99. The summed E-state index contributed by atoms with van der Waals surface area (Å²) in [4.78, 5) is 15.0. The highest BCUT2D eigenvalue weighted by Gasteiger charge is 2.31. The number of halogens is 1. The molecule has 94 valence electrons. The van der Waals surface area contributed by atoms with Crippen LogP contribution in [0.5, 0.6) is 0 Å². The molecule has 1 aliphatic rings. The zero-order chi connectivity index (χ0) is 12.3. The topological polar surface area (TPSA) is 29.5 Å². The molecule has 5 heteroatoms. The van der Waals surface area contributed by atoms with E-state index in [1.54, 1.807) is 11.3 Å². The summed E-state index contributed by atoms with van der Waals surface area (Å²) in [6.07, 6.45) is 2.39. The maximum atomic E-state index is 11.5. The van der Waals surface area contributed by atoms with Crippen LogP contribution < -0.4 is 0 Å². The molecule has 0 aliphatic heterocycles. The third-order valence-corrected chi connectivity index (χ3v) is 4.65. The molecule has 1 heterocycles. The molecule has 0 bridgehead atoms. The Bertz CT molecular complexity index is 390. The molecule has 0 saturated heterocycles. The number of carbonyl (C=O) groups is 1. The lowest BCUT2D eigenvalue weighted by atomic mass is 10.4. The monoisotopic (exact) mass is 317 g/mol. The van der Waals surface area contributed by atoms with Gasteiger partial charge in [-0.3, -0.25) is 9.69 Å². The normalized spacial score (nSPS) is 15.2. The van der Waals surface area contributed by atoms with Crippen LogP contribution in [0.2, 0.25) is 0 Å². The molecule has 0 unspecified atom stereocenters. The van der Waals surface area contributed by atoms with Crippen molar-refractivity contribution in [3.05, 3.63) is 20.8 Å². The number of ether oxygens (including phenoxy) is 1. The maximum Gasteiger partial charge on any atom is 0.320 e. The number of esters is 1. The second kappa shape index (κ2) is 5.98. The zero-order valence-corrected chi connectivity index (χ0v) is 12.2. The fraction of sp³-hybridized carbons (Fsp3) is 0.583. The van der Waals surface area contributed by atoms with Crippen LogP contribution in [0, 0.1) is 0 Å². The lowest BCUT2D eigenvalue weighted by Crippen LogP contribution is -2.32. The molecule has 1 aromatic rings. The molecular formula is C12H16BrNO2S. The Balaban J connectivity index is 1.93. The van der Waals surface area contributed by atoms with Crippen LogP contribution in [0.25, 0.3) is 0 Å². The van der Waals surface area contributed by atoms with Gasteiger partial charge in [-0.15, -0.1) is 11.3 Å². The molecule has 1 saturated carbocycles. The van der Waals surface area contributed by atoms with Gasteiger partial charge in [-0.1, -0.05) is 0 Å². The van der Waals surface area contributed by atoms with Gasteiger partial charge in [0, 0.05) is 21.9 Å². The fourth-order valence-corrected chi connectivity index (χ4v) is 3.25. The Morgan fingerprint density at radius 2 is 2.41 bits per heavy atom. The van der Waals surface area contributed by atoms with Crippen molar-refractivity contribution >= 4 is 33.2 Å². The van der Waals surface area contributed by atoms with E-state index in [1.807, 2.05) is 6.92 Å². The number of rotatable bonds is 6. The van der Waals surface area contributed by atoms with Gasteiger partial charge in [0.2, 0.25) is 0 Å². The van der Waals surface area contributed by atoms with Gasteiger partial charge in [-0.05, 0) is 47.1 Å². The van der Waals surface area contributed by atoms with Crippen LogP contribution in [0.1, 0.15) is 24.6 Å². The summed E-state index contributed by atoms with van der Waals surface area (Å²) < 4.78 is 6.15. The minimum absolute atomic E-state index is 0.118. The second-order valence-electron chi connectivity index (χ2n) is 4.13. The Kier molecular flexibility index (Phi) is 4.59. The summed E-state index contributed by atoms with van der Waals surface area (Å²) in [6, 6.07) is 2.61. The van der Waals surface area contributed by atoms with Crippen molar-refractivity contribution in [1.29, 1.82) is 0 Å². The highest BCUT2D eigenvalue weighted by Crippen LogP contribution is 2.31. The van der Waals surface area contributed by atoms with E-state index in [-0.39, 0.29) is 5.97 Å². The van der Waals surface area contributed by atoms with Gasteiger partial charge in [0.05, 0.1) is 13.2 Å². The smallest absolute Gasteiger partial charge is 0.320 e. The molecule has 0 atom stereocenters. The van der Waals surface area contributed by atoms with Crippen LogP contribution in [0.3, 0.4) is 0 Å². The predicted octanol–water partition coefficient (Wildman–Crippen LogP) is 3.04. The van der Waals surface area contributed by atoms with E-state index < -0.39 is 0 Å². The average Bonchev–Trinajstić information content (AvgIpc) is 3.05. The van der Waals surface area contributed by atoms with Gasteiger partial charge < -0.3 is 4.74 Å². The summed E-state index contributed by atoms with van der Waals surface area (Å²) in [7, 11) is 0. The third-order valence-electron chi connectivity index (χ3n) is 2.74. The van der Waals surface area contributed by atoms with Crippen LogP contribution >= 0.6 is 27.3 Å². The van der Waals surface area contributed by atoms with Crippen molar-refractivity contribution in [2.24, 2.45) is 0 Å². The molecule has 0 radical (unpaired) electrons. The molecule has 0 aromatic carbocycles. The molecule has 0 spiro atoms. The SMILES string of the molecule is CCOC(=O)CN(Cc1sccc1Br)C1CC1. The Hall–Kier alpha value is -0.390. The van der Waals surface area contributed by atoms with Crippen molar-refractivity contribution in [3.63, 3.8) is 0 Å². The Labute approximate surface area is 114 Å². The molecular weight excluding hydrogens is 302 g/mol. The van der Waals surface area contributed by atoms with Crippen molar-refractivity contribution in [1.82, 2.24) is 4.90 Å². The largest absolute Gasteiger partial charge is 0.465 e. The summed E-state index contributed by atoms with van der Waals surface area (Å²) >= 11 is 5.25. The zero-order valence-electron chi connectivity index (χ0n) is 9.82. The van der Waals surface area contributed by atoms with Gasteiger partial charge in [0.1, 0.15) is 0 Å². The first-order valence-corrected chi connectivity index (χ1v) is 7.49. The maximum absolute atomic E-state index is 11.5. The number of carbonyl (C=O) groups excluding carboxylic acids is 1. The van der Waals surface area contributed by atoms with Crippen molar-refractivity contribution in [3.8, 4) is 0 Å². The quantitative estimate of drug-likeness (QED) is 0.755. The van der Waals surface area contributed by atoms with E-state index in [1.165, 1.54) is 17.7 Å². The highest BCUT2D eigenvalue weighted by molar-refractivity contribution is 9.10. The van der Waals surface area contributed by atoms with E-state index in [9.17, 15) is 4.79 Å². The summed E-state index contributed by atoms with van der Waals surface area (Å²) in [5.74, 6) is -0.118. The minimum Gasteiger partial charge on any atom is -0.465 e. The molecule has 0 N–H and O–H groups in total. The van der Waals surface area contributed by atoms with E-state index in [4.69, 9.17) is 4.74 Å². The molecule has 3 nitrogen and oxygen atoms in total. The van der Waals surface area contributed by atoms with Crippen LogP contribution in [-0.4, -0.2) is 30.1 Å². The first kappa shape index (κ1) is 13.1. The first-order valence-electron chi connectivity index (χ1n) is 5.82. The van der Waals surface area contributed by atoms with Crippen molar-refractivity contribution < 1.29 is 9.53 Å². The average molecular weight is 318 g/mol. The lowest BCUT2D eigenvalue weighted by molar-refractivity contribution is -0.144. The van der Waals surface area contributed by atoms with Gasteiger partial charge in [-0.2, -0.15) is 0 Å². The van der Waals surface area contributed by atoms with Crippen molar-refractivity contribution in [2.45, 2.75) is 32.4 Å². The molecule has 17 heavy (non-hydrogen) atoms. The van der Waals surface area contributed by atoms with Gasteiger partial charge in [0.15, 0.2) is 0 Å². The molecule has 1 fully saturated rings. The standard InChI is InChI=1S/C12H16BrNO2S/c1-2-16-12(15)8-14(9-3-4-9)7-11-10(13)5-6-17-11/h5-6,9H,2-4,7-8H2,1H3. The molecule has 0 amide bonds. The van der Waals surface area contributed by atoms with E-state index in [0.29, 0.717) is 19.2 Å². The fourth-order valence-electron chi connectivity index (χ4n) is 1.75. The number of hydrogen-bond acceptors (Lipinski definition) is 4. The number of nitrogens with zero attached hydrogens (tertiary/aromatic N) is 1. The molecule has 2 rings (SSSR count). The van der Waals surface area contributed by atoms with Crippen LogP contribution in [-0.2, 0) is 16.1 Å². The Morgan fingerprint density at radius 1 is 1.65 bits per heavy atom. The minimum atomic E-state index is -0.118. The summed E-state index contributed by atoms with van der Waals surface area (Å²) in [6.45, 7) is 3.54. The van der Waals surface area contributed by atoms with E-state index >= 15 is 0 Å².